The van der Waals surface area contributed by atoms with E-state index in [1.807, 2.05) is 0 Å². The van der Waals surface area contributed by atoms with E-state index in [4.69, 9.17) is 11.6 Å². The molecular formula is C8H14ClN3O2S. The fraction of sp³-hybridized carbons (Fsp3) is 0.625. The number of nitrogens with one attached hydrogen (secondary N) is 1. The smallest absolute Gasteiger partial charge is 0.234 e. The lowest BCUT2D eigenvalue weighted by atomic mass is 10.3. The maximum atomic E-state index is 11.6. The minimum atomic E-state index is -3.33. The van der Waals surface area contributed by atoms with E-state index in [-0.39, 0.29) is 11.7 Å². The van der Waals surface area contributed by atoms with E-state index in [1.54, 1.807) is 20.0 Å². The number of aromatic nitrogens is 2. The Bertz CT molecular complexity index is 415. The third kappa shape index (κ3) is 3.71. The maximum absolute atomic E-state index is 11.6. The summed E-state index contributed by atoms with van der Waals surface area (Å²) in [4.78, 5) is 0. The average Bonchev–Trinajstić information content (AvgIpc) is 2.50. The molecule has 0 amide bonds. The summed E-state index contributed by atoms with van der Waals surface area (Å²) in [7, 11) is -1.66. The van der Waals surface area contributed by atoms with Gasteiger partial charge >= 0.3 is 0 Å². The van der Waals surface area contributed by atoms with Gasteiger partial charge in [-0.1, -0.05) is 6.92 Å². The number of hydrogen-bond acceptors (Lipinski definition) is 3. The summed E-state index contributed by atoms with van der Waals surface area (Å²) in [6, 6.07) is 1.60. The fourth-order valence-corrected chi connectivity index (χ4v) is 2.80. The van der Waals surface area contributed by atoms with Gasteiger partial charge in [0.25, 0.3) is 0 Å². The fourth-order valence-electron chi connectivity index (χ4n) is 1.09. The number of hydrogen-bond donors (Lipinski definition) is 1. The molecule has 15 heavy (non-hydrogen) atoms. The molecule has 7 heteroatoms. The molecule has 1 aromatic heterocycles. The Morgan fingerprint density at radius 2 is 2.33 bits per heavy atom. The molecule has 0 radical (unpaired) electrons. The highest BCUT2D eigenvalue weighted by molar-refractivity contribution is 7.92. The van der Waals surface area contributed by atoms with Gasteiger partial charge in [-0.2, -0.15) is 5.10 Å². The summed E-state index contributed by atoms with van der Waals surface area (Å²) in [6.07, 6.45) is 1.53. The number of alkyl halides is 1. The molecule has 1 rings (SSSR count). The Morgan fingerprint density at radius 1 is 1.67 bits per heavy atom. The van der Waals surface area contributed by atoms with Crippen molar-refractivity contribution in [2.45, 2.75) is 6.92 Å². The van der Waals surface area contributed by atoms with Gasteiger partial charge in [0.2, 0.25) is 10.0 Å². The van der Waals surface area contributed by atoms with Crippen molar-refractivity contribution in [1.82, 2.24) is 9.78 Å². The van der Waals surface area contributed by atoms with Gasteiger partial charge in [-0.05, 0) is 5.92 Å². The lowest BCUT2D eigenvalue weighted by molar-refractivity contribution is 0.587. The Morgan fingerprint density at radius 3 is 2.80 bits per heavy atom. The molecule has 0 saturated heterocycles. The van der Waals surface area contributed by atoms with Crippen molar-refractivity contribution in [3.8, 4) is 0 Å². The molecule has 5 nitrogen and oxygen atoms in total. The van der Waals surface area contributed by atoms with Crippen LogP contribution in [0.15, 0.2) is 12.3 Å². The van der Waals surface area contributed by atoms with E-state index in [2.05, 4.69) is 9.82 Å². The van der Waals surface area contributed by atoms with Crippen molar-refractivity contribution in [1.29, 1.82) is 0 Å². The molecule has 1 atom stereocenters. The Kier molecular flexibility index (Phi) is 3.98. The number of halogens is 1. The number of nitrogens with zero attached hydrogens (tertiary/aromatic N) is 2. The zero-order valence-electron chi connectivity index (χ0n) is 8.64. The van der Waals surface area contributed by atoms with Crippen LogP contribution < -0.4 is 4.72 Å². The topological polar surface area (TPSA) is 64.0 Å². The van der Waals surface area contributed by atoms with Crippen molar-refractivity contribution in [3.05, 3.63) is 12.3 Å². The molecule has 1 aromatic rings. The minimum absolute atomic E-state index is 0.0156. The van der Waals surface area contributed by atoms with Gasteiger partial charge in [-0.15, -0.1) is 11.6 Å². The van der Waals surface area contributed by atoms with Crippen molar-refractivity contribution < 1.29 is 8.42 Å². The predicted octanol–water partition coefficient (Wildman–Crippen LogP) is 1.04. The highest BCUT2D eigenvalue weighted by Gasteiger charge is 2.16. The Hall–Kier alpha value is -0.750. The van der Waals surface area contributed by atoms with Crippen molar-refractivity contribution in [3.63, 3.8) is 0 Å². The quantitative estimate of drug-likeness (QED) is 0.796. The van der Waals surface area contributed by atoms with Crippen LogP contribution in [0, 0.1) is 5.92 Å². The highest BCUT2D eigenvalue weighted by atomic mass is 35.5. The van der Waals surface area contributed by atoms with Gasteiger partial charge in [-0.25, -0.2) is 8.42 Å². The molecule has 0 spiro atoms. The average molecular weight is 252 g/mol. The molecule has 1 heterocycles. The third-order valence-electron chi connectivity index (χ3n) is 1.85. The predicted molar refractivity (Wildman–Crippen MR) is 60.5 cm³/mol. The molecule has 0 aliphatic rings. The van der Waals surface area contributed by atoms with E-state index in [0.29, 0.717) is 11.7 Å². The van der Waals surface area contributed by atoms with Crippen LogP contribution in [-0.4, -0.2) is 29.8 Å². The van der Waals surface area contributed by atoms with Crippen molar-refractivity contribution in [2.75, 3.05) is 16.4 Å². The first-order chi connectivity index (χ1) is 6.94. The molecule has 0 fully saturated rings. The van der Waals surface area contributed by atoms with Gasteiger partial charge in [0.05, 0.1) is 11.9 Å². The normalized spacial score (nSPS) is 13.8. The minimum Gasteiger partial charge on any atom is -0.268 e. The van der Waals surface area contributed by atoms with Crippen LogP contribution in [0.2, 0.25) is 0 Å². The van der Waals surface area contributed by atoms with Gasteiger partial charge in [0.15, 0.2) is 0 Å². The summed E-state index contributed by atoms with van der Waals surface area (Å²) < 4.78 is 27.1. The zero-order chi connectivity index (χ0) is 11.5. The number of rotatable bonds is 5. The summed E-state index contributed by atoms with van der Waals surface area (Å²) in [5.74, 6) is 0.725. The molecular weight excluding hydrogens is 238 g/mol. The van der Waals surface area contributed by atoms with Crippen LogP contribution in [0.3, 0.4) is 0 Å². The molecule has 1 unspecified atom stereocenters. The second kappa shape index (κ2) is 4.85. The highest BCUT2D eigenvalue weighted by Crippen LogP contribution is 2.09. The van der Waals surface area contributed by atoms with Crippen LogP contribution in [0.5, 0.6) is 0 Å². The van der Waals surface area contributed by atoms with E-state index >= 15 is 0 Å². The molecule has 0 bridgehead atoms. The van der Waals surface area contributed by atoms with E-state index in [1.165, 1.54) is 10.9 Å². The summed E-state index contributed by atoms with van der Waals surface area (Å²) in [5, 5.41) is 3.86. The van der Waals surface area contributed by atoms with Gasteiger partial charge < -0.3 is 0 Å². The van der Waals surface area contributed by atoms with Crippen LogP contribution in [0.25, 0.3) is 0 Å². The molecule has 86 valence electrons. The number of sulfonamides is 1. The first kappa shape index (κ1) is 12.3. The lowest BCUT2D eigenvalue weighted by Crippen LogP contribution is -2.23. The van der Waals surface area contributed by atoms with E-state index < -0.39 is 10.0 Å². The second-order valence-electron chi connectivity index (χ2n) is 3.48. The van der Waals surface area contributed by atoms with Gasteiger partial charge in [-0.3, -0.25) is 9.40 Å². The Labute approximate surface area is 94.5 Å². The number of aryl methyl sites for hydroxylation is 1. The monoisotopic (exact) mass is 251 g/mol. The SMILES string of the molecule is CC(CCl)CS(=O)(=O)Nc1ccnn1C. The first-order valence-corrected chi connectivity index (χ1v) is 6.68. The van der Waals surface area contributed by atoms with Crippen molar-refractivity contribution >= 4 is 27.4 Å². The van der Waals surface area contributed by atoms with Gasteiger partial charge in [0, 0.05) is 19.0 Å². The Balaban J connectivity index is 2.69. The molecule has 0 aliphatic carbocycles. The van der Waals surface area contributed by atoms with E-state index in [0.717, 1.165) is 0 Å². The summed E-state index contributed by atoms with van der Waals surface area (Å²) in [5.41, 5.74) is 0. The largest absolute Gasteiger partial charge is 0.268 e. The third-order valence-corrected chi connectivity index (χ3v) is 3.90. The summed E-state index contributed by atoms with van der Waals surface area (Å²) in [6.45, 7) is 1.79. The second-order valence-corrected chi connectivity index (χ2v) is 5.56. The van der Waals surface area contributed by atoms with Gasteiger partial charge in [0.1, 0.15) is 5.82 Å². The molecule has 0 aliphatic heterocycles. The molecule has 0 saturated carbocycles. The van der Waals surface area contributed by atoms with Crippen LogP contribution in [0.4, 0.5) is 5.82 Å². The van der Waals surface area contributed by atoms with Crippen LogP contribution in [-0.2, 0) is 17.1 Å². The van der Waals surface area contributed by atoms with Crippen LogP contribution >= 0.6 is 11.6 Å². The summed E-state index contributed by atoms with van der Waals surface area (Å²) >= 11 is 5.56. The molecule has 0 aromatic carbocycles. The first-order valence-electron chi connectivity index (χ1n) is 4.49. The lowest BCUT2D eigenvalue weighted by Gasteiger charge is -2.10. The molecule has 1 N–H and O–H groups in total. The maximum Gasteiger partial charge on any atom is 0.234 e. The standard InChI is InChI=1S/C8H14ClN3O2S/c1-7(5-9)6-15(13,14)11-8-3-4-10-12(8)2/h3-4,7,11H,5-6H2,1-2H3. The van der Waals surface area contributed by atoms with E-state index in [9.17, 15) is 8.42 Å². The zero-order valence-corrected chi connectivity index (χ0v) is 10.2. The van der Waals surface area contributed by atoms with Crippen molar-refractivity contribution in [2.24, 2.45) is 13.0 Å². The van der Waals surface area contributed by atoms with Crippen LogP contribution in [0.1, 0.15) is 6.92 Å². The number of anilines is 1.